The van der Waals surface area contributed by atoms with Gasteiger partial charge in [0.1, 0.15) is 0 Å². The molecule has 1 radical (unpaired) electrons. The van der Waals surface area contributed by atoms with Gasteiger partial charge < -0.3 is 0 Å². The molecule has 0 bridgehead atoms. The highest BCUT2D eigenvalue weighted by atomic mass is 32.2. The van der Waals surface area contributed by atoms with Gasteiger partial charge in [-0.05, 0) is 41.1 Å². The van der Waals surface area contributed by atoms with E-state index < -0.39 is 0 Å². The van der Waals surface area contributed by atoms with Crippen molar-refractivity contribution < 1.29 is 0 Å². The highest BCUT2D eigenvalue weighted by Crippen LogP contribution is 2.50. The fraction of sp³-hybridized carbons (Fsp3) is 0. The molecule has 0 saturated carbocycles. The summed E-state index contributed by atoms with van der Waals surface area (Å²) in [5.74, 6) is 0. The molecule has 3 aromatic carbocycles. The SMILES string of the molecule is [c]1ccc2ccc3c(c2c1)Sc1ccccc1S3. The molecule has 0 aromatic heterocycles. The third kappa shape index (κ3) is 1.57. The zero-order valence-corrected chi connectivity index (χ0v) is 11.1. The van der Waals surface area contributed by atoms with Crippen LogP contribution in [0.1, 0.15) is 0 Å². The zero-order chi connectivity index (χ0) is 11.9. The normalized spacial score (nSPS) is 13.1. The van der Waals surface area contributed by atoms with E-state index in [1.54, 1.807) is 0 Å². The Morgan fingerprint density at radius 1 is 0.778 bits per heavy atom. The third-order valence-electron chi connectivity index (χ3n) is 3.06. The third-order valence-corrected chi connectivity index (χ3v) is 5.68. The lowest BCUT2D eigenvalue weighted by Gasteiger charge is -2.19. The lowest BCUT2D eigenvalue weighted by molar-refractivity contribution is 1.18. The summed E-state index contributed by atoms with van der Waals surface area (Å²) >= 11 is 3.73. The van der Waals surface area contributed by atoms with Crippen molar-refractivity contribution in [2.45, 2.75) is 19.6 Å². The van der Waals surface area contributed by atoms with Gasteiger partial charge in [0.25, 0.3) is 0 Å². The summed E-state index contributed by atoms with van der Waals surface area (Å²) in [6.07, 6.45) is 0. The molecule has 18 heavy (non-hydrogen) atoms. The van der Waals surface area contributed by atoms with Crippen LogP contribution in [-0.4, -0.2) is 0 Å². The highest BCUT2D eigenvalue weighted by Gasteiger charge is 2.18. The van der Waals surface area contributed by atoms with Crippen molar-refractivity contribution in [2.75, 3.05) is 0 Å². The Hall–Kier alpha value is -1.38. The van der Waals surface area contributed by atoms with Crippen molar-refractivity contribution in [3.8, 4) is 0 Å². The summed E-state index contributed by atoms with van der Waals surface area (Å²) in [5, 5.41) is 2.60. The molecule has 0 nitrogen and oxygen atoms in total. The molecule has 2 heteroatoms. The van der Waals surface area contributed by atoms with Crippen LogP contribution in [0.5, 0.6) is 0 Å². The first-order valence-electron chi connectivity index (χ1n) is 5.79. The van der Waals surface area contributed by atoms with Gasteiger partial charge in [-0.25, -0.2) is 0 Å². The van der Waals surface area contributed by atoms with Crippen molar-refractivity contribution in [3.05, 3.63) is 60.7 Å². The van der Waals surface area contributed by atoms with E-state index in [-0.39, 0.29) is 0 Å². The molecule has 85 valence electrons. The van der Waals surface area contributed by atoms with Gasteiger partial charge >= 0.3 is 0 Å². The van der Waals surface area contributed by atoms with Crippen molar-refractivity contribution >= 4 is 34.3 Å². The van der Waals surface area contributed by atoms with E-state index in [1.165, 1.54) is 30.4 Å². The Bertz CT molecular complexity index is 747. The first kappa shape index (κ1) is 10.5. The number of fused-ring (bicyclic) bond motifs is 4. The molecule has 1 aliphatic rings. The predicted octanol–water partition coefficient (Wildman–Crippen LogP) is 5.26. The second kappa shape index (κ2) is 4.08. The fourth-order valence-electron chi connectivity index (χ4n) is 2.19. The minimum Gasteiger partial charge on any atom is -0.0877 e. The van der Waals surface area contributed by atoms with Crippen LogP contribution in [0.3, 0.4) is 0 Å². The average molecular weight is 265 g/mol. The number of hydrogen-bond donors (Lipinski definition) is 0. The Labute approximate surface area is 114 Å². The van der Waals surface area contributed by atoms with Crippen LogP contribution in [0.15, 0.2) is 74.2 Å². The molecule has 0 atom stereocenters. The smallest absolute Gasteiger partial charge is 0.0341 e. The van der Waals surface area contributed by atoms with Gasteiger partial charge in [0, 0.05) is 19.6 Å². The van der Waals surface area contributed by atoms with E-state index in [4.69, 9.17) is 0 Å². The number of hydrogen-bond acceptors (Lipinski definition) is 2. The molecular formula is C16H9S2. The first-order valence-corrected chi connectivity index (χ1v) is 7.43. The molecule has 4 rings (SSSR count). The molecule has 0 amide bonds. The van der Waals surface area contributed by atoms with E-state index in [2.05, 4.69) is 54.6 Å². The van der Waals surface area contributed by atoms with Crippen molar-refractivity contribution in [1.82, 2.24) is 0 Å². The Balaban J connectivity index is 1.98. The van der Waals surface area contributed by atoms with E-state index in [1.807, 2.05) is 29.6 Å². The van der Waals surface area contributed by atoms with Crippen LogP contribution < -0.4 is 0 Å². The molecular weight excluding hydrogens is 256 g/mol. The lowest BCUT2D eigenvalue weighted by Crippen LogP contribution is -1.90. The fourth-order valence-corrected chi connectivity index (χ4v) is 4.57. The maximum atomic E-state index is 3.19. The van der Waals surface area contributed by atoms with Crippen LogP contribution in [-0.2, 0) is 0 Å². The zero-order valence-electron chi connectivity index (χ0n) is 9.51. The van der Waals surface area contributed by atoms with Gasteiger partial charge in [0.15, 0.2) is 0 Å². The molecule has 1 heterocycles. The molecule has 0 saturated heterocycles. The highest BCUT2D eigenvalue weighted by molar-refractivity contribution is 8.05. The van der Waals surface area contributed by atoms with Crippen LogP contribution in [0, 0.1) is 6.07 Å². The van der Waals surface area contributed by atoms with Crippen LogP contribution >= 0.6 is 23.5 Å². The van der Waals surface area contributed by atoms with Crippen LogP contribution in [0.25, 0.3) is 10.8 Å². The largest absolute Gasteiger partial charge is 0.0877 e. The predicted molar refractivity (Wildman–Crippen MR) is 77.5 cm³/mol. The Morgan fingerprint density at radius 2 is 1.61 bits per heavy atom. The summed E-state index contributed by atoms with van der Waals surface area (Å²) < 4.78 is 0. The maximum absolute atomic E-state index is 3.19. The van der Waals surface area contributed by atoms with E-state index in [0.29, 0.717) is 0 Å². The van der Waals surface area contributed by atoms with Gasteiger partial charge in [0.05, 0.1) is 0 Å². The standard InChI is InChI=1S/C16H9S2/c1-2-6-12-11(5-1)9-10-15-16(12)18-14-8-4-3-7-13(14)17-15/h1,3-10H. The second-order valence-electron chi connectivity index (χ2n) is 4.19. The lowest BCUT2D eigenvalue weighted by atomic mass is 10.1. The minimum absolute atomic E-state index is 1.29. The Kier molecular flexibility index (Phi) is 2.39. The van der Waals surface area contributed by atoms with Gasteiger partial charge in [-0.15, -0.1) is 0 Å². The summed E-state index contributed by atoms with van der Waals surface area (Å²) in [6.45, 7) is 0. The topological polar surface area (TPSA) is 0 Å². The quantitative estimate of drug-likeness (QED) is 0.425. The van der Waals surface area contributed by atoms with Crippen molar-refractivity contribution in [1.29, 1.82) is 0 Å². The average Bonchev–Trinajstić information content (AvgIpc) is 2.45. The van der Waals surface area contributed by atoms with Gasteiger partial charge in [-0.3, -0.25) is 0 Å². The van der Waals surface area contributed by atoms with Crippen molar-refractivity contribution in [2.24, 2.45) is 0 Å². The molecule has 0 unspecified atom stereocenters. The molecule has 3 aromatic rings. The number of benzene rings is 3. The van der Waals surface area contributed by atoms with Crippen molar-refractivity contribution in [3.63, 3.8) is 0 Å². The number of rotatable bonds is 0. The van der Waals surface area contributed by atoms with Crippen LogP contribution in [0.2, 0.25) is 0 Å². The summed E-state index contributed by atoms with van der Waals surface area (Å²) in [4.78, 5) is 5.43. The van der Waals surface area contributed by atoms with Gasteiger partial charge in [0.2, 0.25) is 0 Å². The summed E-state index contributed by atoms with van der Waals surface area (Å²) in [7, 11) is 0. The molecule has 0 N–H and O–H groups in total. The molecule has 0 aliphatic carbocycles. The van der Waals surface area contributed by atoms with Crippen LogP contribution in [0.4, 0.5) is 0 Å². The van der Waals surface area contributed by atoms with Gasteiger partial charge in [-0.1, -0.05) is 53.9 Å². The second-order valence-corrected chi connectivity index (χ2v) is 6.33. The minimum atomic E-state index is 1.29. The monoisotopic (exact) mass is 265 g/mol. The molecule has 0 spiro atoms. The summed E-state index contributed by atoms with van der Waals surface area (Å²) in [5.41, 5.74) is 0. The van der Waals surface area contributed by atoms with E-state index in [9.17, 15) is 0 Å². The Morgan fingerprint density at radius 3 is 2.50 bits per heavy atom. The first-order chi connectivity index (χ1) is 8.92. The molecule has 0 fully saturated rings. The van der Waals surface area contributed by atoms with Gasteiger partial charge in [-0.2, -0.15) is 0 Å². The maximum Gasteiger partial charge on any atom is 0.0341 e. The van der Waals surface area contributed by atoms with E-state index >= 15 is 0 Å². The molecule has 1 aliphatic heterocycles. The van der Waals surface area contributed by atoms with E-state index in [0.717, 1.165) is 0 Å². The summed E-state index contributed by atoms with van der Waals surface area (Å²) in [6, 6.07) is 22.4.